The third kappa shape index (κ3) is 16.6. The van der Waals surface area contributed by atoms with Crippen LogP contribution in [0.15, 0.2) is 0 Å². The van der Waals surface area contributed by atoms with E-state index in [0.717, 1.165) is 31.2 Å². The summed E-state index contributed by atoms with van der Waals surface area (Å²) in [6.45, 7) is 10.8. The van der Waals surface area contributed by atoms with Crippen LogP contribution in [0.25, 0.3) is 0 Å². The Balaban J connectivity index is -0.000000261. The van der Waals surface area contributed by atoms with Crippen LogP contribution in [0.5, 0.6) is 0 Å². The normalized spacial score (nSPS) is 17.0. The number of nitriles is 1. The van der Waals surface area contributed by atoms with Gasteiger partial charge >= 0.3 is 17.1 Å². The van der Waals surface area contributed by atoms with E-state index >= 15 is 0 Å². The van der Waals surface area contributed by atoms with E-state index in [1.807, 2.05) is 0 Å². The van der Waals surface area contributed by atoms with Gasteiger partial charge in [-0.1, -0.05) is 33.1 Å². The van der Waals surface area contributed by atoms with Crippen molar-refractivity contribution in [2.45, 2.75) is 105 Å². The first-order valence-corrected chi connectivity index (χ1v) is 12.4. The summed E-state index contributed by atoms with van der Waals surface area (Å²) in [4.78, 5) is 0. The van der Waals surface area contributed by atoms with Crippen molar-refractivity contribution in [1.82, 2.24) is 4.67 Å². The zero-order valence-corrected chi connectivity index (χ0v) is 22.8. The molecule has 0 N–H and O–H groups in total. The summed E-state index contributed by atoms with van der Waals surface area (Å²) in [6.07, 6.45) is 12.5. The number of hydrogen-bond acceptors (Lipinski definition) is 4. The van der Waals surface area contributed by atoms with Crippen LogP contribution in [0.4, 0.5) is 0 Å². The second-order valence-electron chi connectivity index (χ2n) is 8.60. The number of methoxy groups -OCH3 is 1. The Morgan fingerprint density at radius 2 is 1.32 bits per heavy atom. The van der Waals surface area contributed by atoms with Crippen molar-refractivity contribution >= 4 is 8.30 Å². The number of nitrogens with zero attached hydrogens (tertiary/aromatic N) is 2. The Hall–Kier alpha value is 0.319. The fourth-order valence-corrected chi connectivity index (χ4v) is 6.48. The molecular formula is C25H53FeN2O2P. The molecule has 0 spiro atoms. The van der Waals surface area contributed by atoms with E-state index in [-0.39, 0.29) is 39.3 Å². The van der Waals surface area contributed by atoms with Gasteiger partial charge in [-0.05, 0) is 65.2 Å². The van der Waals surface area contributed by atoms with E-state index in [0.29, 0.717) is 18.5 Å². The van der Waals surface area contributed by atoms with E-state index < -0.39 is 8.30 Å². The Kier molecular flexibility index (Phi) is 29.2. The molecule has 0 saturated heterocycles. The molecule has 6 heteroatoms. The van der Waals surface area contributed by atoms with Crippen molar-refractivity contribution in [1.29, 1.82) is 5.26 Å². The van der Waals surface area contributed by atoms with Gasteiger partial charge in [-0.3, -0.25) is 4.67 Å². The Labute approximate surface area is 208 Å². The summed E-state index contributed by atoms with van der Waals surface area (Å²) in [5.41, 5.74) is 0. The zero-order valence-electron chi connectivity index (χ0n) is 20.8. The first-order chi connectivity index (χ1) is 13.0. The predicted octanol–water partition coefficient (Wildman–Crippen LogP) is 7.89. The standard InChI is InChI=1S/C15H29N2OP.C7H14O.CH4.2CH3.Fe/c1-13(2)17(14(3)4)19(11-7-10-16)18-12-15-8-5-6-9-15;1-8-6-7-4-2-3-5-7;;;;/h13-15H,5-9,11-12H2,1-4H3;7H,2-6H2,1H3;1H4;2*1H3;/q;;;2*-1;+2. The second-order valence-corrected chi connectivity index (χ2v) is 10.5. The van der Waals surface area contributed by atoms with Gasteiger partial charge in [0.25, 0.3) is 0 Å². The van der Waals surface area contributed by atoms with E-state index in [1.54, 1.807) is 7.11 Å². The molecule has 1 unspecified atom stereocenters. The Bertz CT molecular complexity index is 399. The van der Waals surface area contributed by atoms with E-state index in [4.69, 9.17) is 14.5 Å². The minimum atomic E-state index is -0.614. The summed E-state index contributed by atoms with van der Waals surface area (Å²) in [6, 6.07) is 3.23. The summed E-state index contributed by atoms with van der Waals surface area (Å²) in [5, 5.41) is 8.84. The van der Waals surface area contributed by atoms with Crippen LogP contribution >= 0.6 is 8.30 Å². The molecule has 31 heavy (non-hydrogen) atoms. The van der Waals surface area contributed by atoms with Gasteiger partial charge in [0.05, 0.1) is 12.7 Å². The molecular weight excluding hydrogens is 447 g/mol. The van der Waals surface area contributed by atoms with Gasteiger partial charge < -0.3 is 24.1 Å². The summed E-state index contributed by atoms with van der Waals surface area (Å²) in [7, 11) is 1.18. The maximum Gasteiger partial charge on any atom is 2.00 e. The molecule has 0 radical (unpaired) electrons. The topological polar surface area (TPSA) is 45.5 Å². The van der Waals surface area contributed by atoms with Crippen LogP contribution in [0, 0.1) is 38.0 Å². The SMILES string of the molecule is C.CC(C)N(C(C)C)P(CCC#N)OCC1CCCC1.COCC1CCCC1.[CH3-].[CH3-].[Fe+2]. The monoisotopic (exact) mass is 500 g/mol. The molecule has 0 aliphatic heterocycles. The van der Waals surface area contributed by atoms with Crippen LogP contribution < -0.4 is 0 Å². The average Bonchev–Trinajstić information content (AvgIpc) is 3.31. The van der Waals surface area contributed by atoms with Gasteiger partial charge in [-0.2, -0.15) is 5.26 Å². The molecule has 0 aromatic heterocycles. The Morgan fingerprint density at radius 1 is 0.903 bits per heavy atom. The van der Waals surface area contributed by atoms with Crippen molar-refractivity contribution in [3.63, 3.8) is 0 Å². The van der Waals surface area contributed by atoms with Gasteiger partial charge in [-0.15, -0.1) is 0 Å². The summed E-state index contributed by atoms with van der Waals surface area (Å²) in [5.74, 6) is 1.65. The molecule has 4 nitrogen and oxygen atoms in total. The maximum absolute atomic E-state index is 8.84. The first kappa shape index (κ1) is 38.6. The van der Waals surface area contributed by atoms with Crippen molar-refractivity contribution < 1.29 is 26.3 Å². The molecule has 2 rings (SSSR count). The molecule has 0 aromatic rings. The molecule has 0 heterocycles. The van der Waals surface area contributed by atoms with Crippen LogP contribution in [0.1, 0.15) is 92.9 Å². The Morgan fingerprint density at radius 3 is 1.68 bits per heavy atom. The van der Waals surface area contributed by atoms with Gasteiger partial charge in [0, 0.05) is 38.4 Å². The molecule has 0 bridgehead atoms. The van der Waals surface area contributed by atoms with Crippen LogP contribution in [-0.4, -0.2) is 43.2 Å². The summed E-state index contributed by atoms with van der Waals surface area (Å²) < 4.78 is 13.7. The number of hydrogen-bond donors (Lipinski definition) is 0. The molecule has 2 fully saturated rings. The van der Waals surface area contributed by atoms with Gasteiger partial charge in [0.1, 0.15) is 8.30 Å². The molecule has 2 saturated carbocycles. The van der Waals surface area contributed by atoms with E-state index in [2.05, 4.69) is 38.4 Å². The largest absolute Gasteiger partial charge is 2.00 e. The van der Waals surface area contributed by atoms with Gasteiger partial charge in [0.15, 0.2) is 0 Å². The van der Waals surface area contributed by atoms with Crippen molar-refractivity contribution in [2.24, 2.45) is 11.8 Å². The van der Waals surface area contributed by atoms with Crippen molar-refractivity contribution in [2.75, 3.05) is 26.5 Å². The zero-order chi connectivity index (χ0) is 20.1. The molecule has 188 valence electrons. The molecule has 0 aromatic carbocycles. The maximum atomic E-state index is 8.84. The minimum absolute atomic E-state index is 0. The van der Waals surface area contributed by atoms with E-state index in [1.165, 1.54) is 51.4 Å². The van der Waals surface area contributed by atoms with E-state index in [9.17, 15) is 0 Å². The fraction of sp³-hybridized carbons (Fsp3) is 0.880. The van der Waals surface area contributed by atoms with Crippen molar-refractivity contribution in [3.8, 4) is 6.07 Å². The van der Waals surface area contributed by atoms with Gasteiger partial charge in [0.2, 0.25) is 0 Å². The number of rotatable bonds is 10. The van der Waals surface area contributed by atoms with Crippen molar-refractivity contribution in [3.05, 3.63) is 14.9 Å². The smallest absolute Gasteiger partial charge is 0.384 e. The summed E-state index contributed by atoms with van der Waals surface area (Å²) >= 11 is 0. The number of ether oxygens (including phenoxy) is 1. The average molecular weight is 501 g/mol. The first-order valence-electron chi connectivity index (χ1n) is 11.0. The second kappa shape index (κ2) is 23.5. The third-order valence-corrected chi connectivity index (χ3v) is 8.03. The molecule has 2 aliphatic carbocycles. The van der Waals surface area contributed by atoms with Crippen LogP contribution in [0.3, 0.4) is 0 Å². The predicted molar refractivity (Wildman–Crippen MR) is 135 cm³/mol. The van der Waals surface area contributed by atoms with Gasteiger partial charge in [-0.25, -0.2) is 0 Å². The molecule has 1 atom stereocenters. The molecule has 2 aliphatic rings. The third-order valence-electron chi connectivity index (χ3n) is 5.54. The minimum Gasteiger partial charge on any atom is -0.384 e. The fourth-order valence-electron chi connectivity index (χ4n) is 4.28. The van der Waals surface area contributed by atoms with Crippen LogP contribution in [-0.2, 0) is 26.3 Å². The quantitative estimate of drug-likeness (QED) is 0.174. The molecule has 0 amide bonds. The van der Waals surface area contributed by atoms with Crippen LogP contribution in [0.2, 0.25) is 0 Å².